The first-order chi connectivity index (χ1) is 7.75. The maximum absolute atomic E-state index is 13.3. The van der Waals surface area contributed by atoms with Gasteiger partial charge in [-0.2, -0.15) is 0 Å². The summed E-state index contributed by atoms with van der Waals surface area (Å²) in [6, 6.07) is 4.39. The van der Waals surface area contributed by atoms with E-state index in [1.807, 2.05) is 10.8 Å². The van der Waals surface area contributed by atoms with Crippen LogP contribution in [0.5, 0.6) is 0 Å². The average molecular weight is 238 g/mol. The van der Waals surface area contributed by atoms with Crippen molar-refractivity contribution in [1.82, 2.24) is 9.55 Å². The van der Waals surface area contributed by atoms with Gasteiger partial charge in [-0.3, -0.25) is 4.99 Å². The van der Waals surface area contributed by atoms with E-state index in [1.165, 1.54) is 6.07 Å². The summed E-state index contributed by atoms with van der Waals surface area (Å²) in [4.78, 5) is 7.90. The molecule has 1 aromatic carbocycles. The van der Waals surface area contributed by atoms with Crippen LogP contribution >= 0.6 is 11.6 Å². The van der Waals surface area contributed by atoms with Crippen molar-refractivity contribution in [3.8, 4) is 0 Å². The second kappa shape index (κ2) is 4.90. The molecule has 0 saturated heterocycles. The van der Waals surface area contributed by atoms with Crippen LogP contribution in [0.3, 0.4) is 0 Å². The Labute approximate surface area is 97.2 Å². The van der Waals surface area contributed by atoms with E-state index < -0.39 is 5.82 Å². The van der Waals surface area contributed by atoms with E-state index in [0.29, 0.717) is 11.6 Å². The summed E-state index contributed by atoms with van der Waals surface area (Å²) in [5.41, 5.74) is 0.282. The van der Waals surface area contributed by atoms with E-state index in [2.05, 4.69) is 9.98 Å². The van der Waals surface area contributed by atoms with E-state index in [-0.39, 0.29) is 5.69 Å². The number of rotatable bonds is 3. The number of imidazole rings is 1. The molecule has 0 aliphatic carbocycles. The van der Waals surface area contributed by atoms with Crippen molar-refractivity contribution < 1.29 is 4.39 Å². The highest BCUT2D eigenvalue weighted by atomic mass is 35.5. The van der Waals surface area contributed by atoms with Crippen molar-refractivity contribution in [3.05, 3.63) is 47.8 Å². The highest BCUT2D eigenvalue weighted by Gasteiger charge is 1.99. The van der Waals surface area contributed by atoms with Crippen molar-refractivity contribution >= 4 is 23.5 Å². The molecule has 0 bridgehead atoms. The molecule has 0 saturated carbocycles. The number of benzene rings is 1. The van der Waals surface area contributed by atoms with Gasteiger partial charge in [0.15, 0.2) is 0 Å². The van der Waals surface area contributed by atoms with Crippen LogP contribution in [0.15, 0.2) is 41.9 Å². The molecule has 1 aromatic heterocycles. The minimum atomic E-state index is -0.422. The highest BCUT2D eigenvalue weighted by Crippen LogP contribution is 2.20. The van der Waals surface area contributed by atoms with Crippen LogP contribution < -0.4 is 0 Å². The molecule has 0 spiro atoms. The van der Waals surface area contributed by atoms with Gasteiger partial charge < -0.3 is 4.57 Å². The lowest BCUT2D eigenvalue weighted by Gasteiger charge is -1.97. The zero-order valence-electron chi connectivity index (χ0n) is 8.35. The molecule has 0 unspecified atom stereocenters. The standard InChI is InChI=1S/C11H9ClFN3/c12-9-1-2-11(10(13)7-9)15-4-6-16-5-3-14-8-16/h1-5,7-8H,6H2. The van der Waals surface area contributed by atoms with Gasteiger partial charge in [0.25, 0.3) is 0 Å². The third-order valence-electron chi connectivity index (χ3n) is 1.99. The lowest BCUT2D eigenvalue weighted by atomic mass is 10.3. The molecule has 16 heavy (non-hydrogen) atoms. The third-order valence-corrected chi connectivity index (χ3v) is 2.23. The Hall–Kier alpha value is -1.68. The molecule has 0 atom stereocenters. The van der Waals surface area contributed by atoms with E-state index in [9.17, 15) is 4.39 Å². The second-order valence-corrected chi connectivity index (χ2v) is 3.60. The summed E-state index contributed by atoms with van der Waals surface area (Å²) >= 11 is 5.63. The largest absolute Gasteiger partial charge is 0.332 e. The van der Waals surface area contributed by atoms with Gasteiger partial charge in [0.2, 0.25) is 0 Å². The average Bonchev–Trinajstić information content (AvgIpc) is 2.74. The number of nitrogens with zero attached hydrogens (tertiary/aromatic N) is 3. The maximum atomic E-state index is 13.3. The Morgan fingerprint density at radius 3 is 3.06 bits per heavy atom. The molecule has 0 N–H and O–H groups in total. The molecule has 3 nitrogen and oxygen atoms in total. The lowest BCUT2D eigenvalue weighted by molar-refractivity contribution is 0.630. The van der Waals surface area contributed by atoms with Crippen LogP contribution in [0.4, 0.5) is 10.1 Å². The van der Waals surface area contributed by atoms with Crippen molar-refractivity contribution in [2.75, 3.05) is 0 Å². The van der Waals surface area contributed by atoms with E-state index >= 15 is 0 Å². The molecule has 0 aliphatic heterocycles. The summed E-state index contributed by atoms with van der Waals surface area (Å²) in [6.07, 6.45) is 6.78. The van der Waals surface area contributed by atoms with Gasteiger partial charge in [-0.1, -0.05) is 11.6 Å². The molecule has 2 aromatic rings. The predicted octanol–water partition coefficient (Wildman–Crippen LogP) is 3.08. The van der Waals surface area contributed by atoms with Gasteiger partial charge in [0.1, 0.15) is 5.82 Å². The molecular weight excluding hydrogens is 229 g/mol. The number of hydrogen-bond donors (Lipinski definition) is 0. The minimum absolute atomic E-state index is 0.282. The first-order valence-electron chi connectivity index (χ1n) is 4.69. The van der Waals surface area contributed by atoms with Gasteiger partial charge in [0, 0.05) is 23.6 Å². The van der Waals surface area contributed by atoms with Crippen LogP contribution in [0, 0.1) is 5.82 Å². The topological polar surface area (TPSA) is 30.2 Å². The summed E-state index contributed by atoms with van der Waals surface area (Å²) < 4.78 is 15.1. The molecule has 0 aliphatic rings. The Bertz CT molecular complexity index is 494. The molecule has 0 radical (unpaired) electrons. The molecule has 2 rings (SSSR count). The van der Waals surface area contributed by atoms with Crippen molar-refractivity contribution in [1.29, 1.82) is 0 Å². The fourth-order valence-corrected chi connectivity index (χ4v) is 1.37. The Kier molecular flexibility index (Phi) is 3.31. The second-order valence-electron chi connectivity index (χ2n) is 3.17. The van der Waals surface area contributed by atoms with Gasteiger partial charge >= 0.3 is 0 Å². The number of halogens is 2. The Balaban J connectivity index is 2.06. The number of hydrogen-bond acceptors (Lipinski definition) is 2. The third kappa shape index (κ3) is 2.67. The quantitative estimate of drug-likeness (QED) is 0.755. The fourth-order valence-electron chi connectivity index (χ4n) is 1.21. The van der Waals surface area contributed by atoms with E-state index in [1.54, 1.807) is 30.9 Å². The summed E-state index contributed by atoms with van der Waals surface area (Å²) in [7, 11) is 0. The highest BCUT2D eigenvalue weighted by molar-refractivity contribution is 6.30. The van der Waals surface area contributed by atoms with Crippen LogP contribution in [0.1, 0.15) is 0 Å². The molecule has 1 heterocycles. The van der Waals surface area contributed by atoms with Crippen LogP contribution in [-0.2, 0) is 6.54 Å². The minimum Gasteiger partial charge on any atom is -0.332 e. The van der Waals surface area contributed by atoms with Crippen molar-refractivity contribution in [3.63, 3.8) is 0 Å². The van der Waals surface area contributed by atoms with E-state index in [4.69, 9.17) is 11.6 Å². The van der Waals surface area contributed by atoms with Crippen LogP contribution in [0.2, 0.25) is 5.02 Å². The smallest absolute Gasteiger partial charge is 0.150 e. The van der Waals surface area contributed by atoms with Gasteiger partial charge in [-0.05, 0) is 18.2 Å². The number of aromatic nitrogens is 2. The SMILES string of the molecule is Fc1cc(Cl)ccc1N=CCn1ccnc1. The maximum Gasteiger partial charge on any atom is 0.150 e. The first-order valence-corrected chi connectivity index (χ1v) is 5.07. The monoisotopic (exact) mass is 237 g/mol. The summed E-state index contributed by atoms with van der Waals surface area (Å²) in [6.45, 7) is 0.558. The lowest BCUT2D eigenvalue weighted by Crippen LogP contribution is -1.94. The van der Waals surface area contributed by atoms with E-state index in [0.717, 1.165) is 0 Å². The van der Waals surface area contributed by atoms with Crippen molar-refractivity contribution in [2.24, 2.45) is 4.99 Å². The van der Waals surface area contributed by atoms with Gasteiger partial charge in [-0.15, -0.1) is 0 Å². The fraction of sp³-hybridized carbons (Fsp3) is 0.0909. The predicted molar refractivity (Wildman–Crippen MR) is 61.8 cm³/mol. The molecule has 0 amide bonds. The summed E-state index contributed by atoms with van der Waals surface area (Å²) in [5, 5.41) is 0.367. The molecule has 5 heteroatoms. The van der Waals surface area contributed by atoms with Gasteiger partial charge in [-0.25, -0.2) is 9.37 Å². The van der Waals surface area contributed by atoms with Crippen molar-refractivity contribution in [2.45, 2.75) is 6.54 Å². The molecule has 82 valence electrons. The Morgan fingerprint density at radius 1 is 1.50 bits per heavy atom. The zero-order valence-corrected chi connectivity index (χ0v) is 9.10. The number of aliphatic imine (C=N–C) groups is 1. The van der Waals surface area contributed by atoms with Gasteiger partial charge in [0.05, 0.1) is 18.6 Å². The first kappa shape index (κ1) is 10.8. The molecular formula is C11H9ClFN3. The van der Waals surface area contributed by atoms with Crippen LogP contribution in [-0.4, -0.2) is 15.8 Å². The zero-order chi connectivity index (χ0) is 11.4. The Morgan fingerprint density at radius 2 is 2.38 bits per heavy atom. The van der Waals surface area contributed by atoms with Crippen LogP contribution in [0.25, 0.3) is 0 Å². The normalized spacial score (nSPS) is 11.1. The molecule has 0 fully saturated rings. The summed E-state index contributed by atoms with van der Waals surface area (Å²) in [5.74, 6) is -0.422.